The number of hydrazone groups is 1. The van der Waals surface area contributed by atoms with Crippen molar-refractivity contribution in [3.8, 4) is 0 Å². The van der Waals surface area contributed by atoms with Crippen molar-refractivity contribution in [1.82, 2.24) is 5.43 Å². The average Bonchev–Trinajstić information content (AvgIpc) is 2.34. The molecule has 5 heteroatoms. The second-order valence-corrected chi connectivity index (χ2v) is 3.55. The number of rotatable bonds is 5. The lowest BCUT2D eigenvalue weighted by Crippen LogP contribution is -2.19. The molecule has 0 heterocycles. The van der Waals surface area contributed by atoms with E-state index in [1.165, 1.54) is 0 Å². The van der Waals surface area contributed by atoms with Crippen LogP contribution in [-0.4, -0.2) is 22.7 Å². The molecule has 2 N–H and O–H groups in total. The molecule has 0 saturated heterocycles. The van der Waals surface area contributed by atoms with Crippen molar-refractivity contribution in [3.63, 3.8) is 0 Å². The third-order valence-corrected chi connectivity index (χ3v) is 2.08. The minimum absolute atomic E-state index is 0.0105. The summed E-state index contributed by atoms with van der Waals surface area (Å²) in [6, 6.07) is 8.69. The Morgan fingerprint density at radius 1 is 1.24 bits per heavy atom. The molecule has 1 aromatic carbocycles. The number of carboxylic acids is 1. The molecule has 1 rings (SSSR count). The van der Waals surface area contributed by atoms with Crippen LogP contribution in [-0.2, 0) is 4.79 Å². The van der Waals surface area contributed by atoms with E-state index < -0.39 is 5.97 Å². The molecule has 0 aliphatic heterocycles. The van der Waals surface area contributed by atoms with Gasteiger partial charge in [-0.05, 0) is 25.5 Å². The fourth-order valence-electron chi connectivity index (χ4n) is 1.14. The predicted molar refractivity (Wildman–Crippen MR) is 63.9 cm³/mol. The maximum absolute atomic E-state index is 11.6. The standard InChI is InChI=1S/C12H14N2O3/c1-9(7-8-11(15)16)13-14-12(17)10-5-3-2-4-6-10/h2-6H,7-8H2,1H3,(H,14,17)(H,15,16)/b13-9-. The van der Waals surface area contributed by atoms with Crippen LogP contribution in [0, 0.1) is 0 Å². The van der Waals surface area contributed by atoms with Gasteiger partial charge in [-0.1, -0.05) is 18.2 Å². The summed E-state index contributed by atoms with van der Waals surface area (Å²) in [4.78, 5) is 21.9. The van der Waals surface area contributed by atoms with Crippen LogP contribution in [0.3, 0.4) is 0 Å². The van der Waals surface area contributed by atoms with E-state index >= 15 is 0 Å². The first kappa shape index (κ1) is 12.9. The molecular weight excluding hydrogens is 220 g/mol. The average molecular weight is 234 g/mol. The molecule has 0 spiro atoms. The molecule has 1 amide bonds. The van der Waals surface area contributed by atoms with Crippen LogP contribution in [0.2, 0.25) is 0 Å². The molecule has 0 aliphatic rings. The van der Waals surface area contributed by atoms with Crippen molar-refractivity contribution in [3.05, 3.63) is 35.9 Å². The highest BCUT2D eigenvalue weighted by molar-refractivity contribution is 5.95. The summed E-state index contributed by atoms with van der Waals surface area (Å²) in [5.74, 6) is -1.19. The Hall–Kier alpha value is -2.17. The van der Waals surface area contributed by atoms with Crippen molar-refractivity contribution in [2.75, 3.05) is 0 Å². The van der Waals surface area contributed by atoms with E-state index in [1.807, 2.05) is 6.07 Å². The van der Waals surface area contributed by atoms with E-state index in [0.717, 1.165) is 0 Å². The molecule has 17 heavy (non-hydrogen) atoms. The zero-order chi connectivity index (χ0) is 12.7. The van der Waals surface area contributed by atoms with Crippen molar-refractivity contribution in [2.45, 2.75) is 19.8 Å². The number of nitrogens with one attached hydrogen (secondary N) is 1. The van der Waals surface area contributed by atoms with Crippen molar-refractivity contribution < 1.29 is 14.7 Å². The summed E-state index contributed by atoms with van der Waals surface area (Å²) in [5.41, 5.74) is 3.47. The minimum Gasteiger partial charge on any atom is -0.481 e. The monoisotopic (exact) mass is 234 g/mol. The summed E-state index contributed by atoms with van der Waals surface area (Å²) in [7, 11) is 0. The number of benzene rings is 1. The number of carbonyl (C=O) groups excluding carboxylic acids is 1. The Kier molecular flexibility index (Phi) is 4.87. The molecule has 0 aliphatic carbocycles. The van der Waals surface area contributed by atoms with Gasteiger partial charge < -0.3 is 5.11 Å². The Bertz CT molecular complexity index is 427. The first-order chi connectivity index (χ1) is 8.09. The fourth-order valence-corrected chi connectivity index (χ4v) is 1.14. The van der Waals surface area contributed by atoms with Gasteiger partial charge in [0.05, 0.1) is 6.42 Å². The molecule has 0 unspecified atom stereocenters. The summed E-state index contributed by atoms with van der Waals surface area (Å²) >= 11 is 0. The third kappa shape index (κ3) is 4.92. The normalized spacial score (nSPS) is 11.0. The smallest absolute Gasteiger partial charge is 0.303 e. The lowest BCUT2D eigenvalue weighted by atomic mass is 10.2. The molecule has 90 valence electrons. The molecule has 0 atom stereocenters. The van der Waals surface area contributed by atoms with Gasteiger partial charge in [0, 0.05) is 11.3 Å². The van der Waals surface area contributed by atoms with Gasteiger partial charge in [0.15, 0.2) is 0 Å². The zero-order valence-electron chi connectivity index (χ0n) is 9.51. The molecule has 0 bridgehead atoms. The summed E-state index contributed by atoms with van der Waals surface area (Å²) in [6.45, 7) is 1.67. The van der Waals surface area contributed by atoms with Gasteiger partial charge in [-0.15, -0.1) is 0 Å². The van der Waals surface area contributed by atoms with E-state index in [1.54, 1.807) is 31.2 Å². The lowest BCUT2D eigenvalue weighted by Gasteiger charge is -2.01. The first-order valence-corrected chi connectivity index (χ1v) is 5.20. The molecule has 0 saturated carbocycles. The maximum Gasteiger partial charge on any atom is 0.303 e. The fraction of sp³-hybridized carbons (Fsp3) is 0.250. The van der Waals surface area contributed by atoms with Crippen LogP contribution in [0.15, 0.2) is 35.4 Å². The number of nitrogens with zero attached hydrogens (tertiary/aromatic N) is 1. The Balaban J connectivity index is 2.47. The van der Waals surface area contributed by atoms with Crippen molar-refractivity contribution >= 4 is 17.6 Å². The predicted octanol–water partition coefficient (Wildman–Crippen LogP) is 1.66. The number of hydrogen-bond acceptors (Lipinski definition) is 3. The highest BCUT2D eigenvalue weighted by Crippen LogP contribution is 1.98. The van der Waals surface area contributed by atoms with Gasteiger partial charge in [-0.25, -0.2) is 5.43 Å². The number of carbonyl (C=O) groups is 2. The van der Waals surface area contributed by atoms with E-state index in [4.69, 9.17) is 5.11 Å². The quantitative estimate of drug-likeness (QED) is 0.600. The molecule has 0 radical (unpaired) electrons. The largest absolute Gasteiger partial charge is 0.481 e. The highest BCUT2D eigenvalue weighted by atomic mass is 16.4. The van der Waals surface area contributed by atoms with Crippen LogP contribution in [0.1, 0.15) is 30.1 Å². The first-order valence-electron chi connectivity index (χ1n) is 5.20. The SMILES string of the molecule is C/C(CCC(=O)O)=N/NC(=O)c1ccccc1. The van der Waals surface area contributed by atoms with Crippen LogP contribution >= 0.6 is 0 Å². The van der Waals surface area contributed by atoms with Gasteiger partial charge in [0.25, 0.3) is 5.91 Å². The van der Waals surface area contributed by atoms with Crippen LogP contribution in [0.4, 0.5) is 0 Å². The van der Waals surface area contributed by atoms with Crippen LogP contribution in [0.25, 0.3) is 0 Å². The van der Waals surface area contributed by atoms with Gasteiger partial charge in [-0.3, -0.25) is 9.59 Å². The highest BCUT2D eigenvalue weighted by Gasteiger charge is 2.03. The molecule has 0 aromatic heterocycles. The topological polar surface area (TPSA) is 78.8 Å². The number of carboxylic acid groups (broad SMARTS) is 1. The van der Waals surface area contributed by atoms with E-state index in [0.29, 0.717) is 17.7 Å². The van der Waals surface area contributed by atoms with Gasteiger partial charge in [0.1, 0.15) is 0 Å². The van der Waals surface area contributed by atoms with E-state index in [-0.39, 0.29) is 12.3 Å². The second kappa shape index (κ2) is 6.42. The Morgan fingerprint density at radius 2 is 1.88 bits per heavy atom. The van der Waals surface area contributed by atoms with Gasteiger partial charge >= 0.3 is 5.97 Å². The Labute approximate surface area is 99.2 Å². The third-order valence-electron chi connectivity index (χ3n) is 2.08. The minimum atomic E-state index is -0.881. The van der Waals surface area contributed by atoms with E-state index in [2.05, 4.69) is 10.5 Å². The molecule has 5 nitrogen and oxygen atoms in total. The van der Waals surface area contributed by atoms with Gasteiger partial charge in [-0.2, -0.15) is 5.10 Å². The van der Waals surface area contributed by atoms with Crippen LogP contribution in [0.5, 0.6) is 0 Å². The van der Waals surface area contributed by atoms with Gasteiger partial charge in [0.2, 0.25) is 0 Å². The number of amides is 1. The summed E-state index contributed by atoms with van der Waals surface area (Å²) in [5, 5.41) is 12.3. The van der Waals surface area contributed by atoms with Crippen LogP contribution < -0.4 is 5.43 Å². The second-order valence-electron chi connectivity index (χ2n) is 3.55. The molecule has 0 fully saturated rings. The lowest BCUT2D eigenvalue weighted by molar-refractivity contribution is -0.136. The summed E-state index contributed by atoms with van der Waals surface area (Å²) in [6.07, 6.45) is 0.334. The number of hydrogen-bond donors (Lipinski definition) is 2. The van der Waals surface area contributed by atoms with E-state index in [9.17, 15) is 9.59 Å². The molecule has 1 aromatic rings. The molecular formula is C12H14N2O3. The van der Waals surface area contributed by atoms with Crippen molar-refractivity contribution in [2.24, 2.45) is 5.10 Å². The number of aliphatic carboxylic acids is 1. The maximum atomic E-state index is 11.6. The summed E-state index contributed by atoms with van der Waals surface area (Å²) < 4.78 is 0. The zero-order valence-corrected chi connectivity index (χ0v) is 9.51. The van der Waals surface area contributed by atoms with Crippen molar-refractivity contribution in [1.29, 1.82) is 0 Å². The Morgan fingerprint density at radius 3 is 2.47 bits per heavy atom.